The van der Waals surface area contributed by atoms with Crippen molar-refractivity contribution in [3.05, 3.63) is 48.0 Å². The van der Waals surface area contributed by atoms with Gasteiger partial charge >= 0.3 is 0 Å². The van der Waals surface area contributed by atoms with Gasteiger partial charge in [-0.05, 0) is 39.2 Å². The maximum absolute atomic E-state index is 3.91. The molecule has 1 nitrogen and oxygen atoms in total. The third-order valence-corrected chi connectivity index (χ3v) is 2.75. The Morgan fingerprint density at radius 3 is 2.44 bits per heavy atom. The fourth-order valence-corrected chi connectivity index (χ4v) is 1.58. The zero-order valence-electron chi connectivity index (χ0n) is 10.7. The topological polar surface area (TPSA) is 12.0 Å². The number of aryl methyl sites for hydroxylation is 1. The van der Waals surface area contributed by atoms with Gasteiger partial charge in [-0.1, -0.05) is 42.5 Å². The molecule has 0 fully saturated rings. The standard InChI is InChI=1S/C15H23N/c1-13(2)12-16-15(3,4)11-10-14-8-6-5-7-9-14/h5-9,16H,1,10-12H2,2-4H3. The van der Waals surface area contributed by atoms with Crippen LogP contribution in [-0.2, 0) is 6.42 Å². The summed E-state index contributed by atoms with van der Waals surface area (Å²) in [6.07, 6.45) is 2.27. The molecule has 1 aromatic carbocycles. The third kappa shape index (κ3) is 5.13. The Hall–Kier alpha value is -1.08. The van der Waals surface area contributed by atoms with E-state index in [0.717, 1.165) is 19.4 Å². The predicted octanol–water partition coefficient (Wildman–Crippen LogP) is 3.56. The fraction of sp³-hybridized carbons (Fsp3) is 0.467. The maximum Gasteiger partial charge on any atom is 0.0164 e. The minimum absolute atomic E-state index is 0.175. The highest BCUT2D eigenvalue weighted by molar-refractivity contribution is 5.15. The molecule has 1 rings (SSSR count). The van der Waals surface area contributed by atoms with Crippen molar-refractivity contribution in [3.63, 3.8) is 0 Å². The number of rotatable bonds is 6. The van der Waals surface area contributed by atoms with Gasteiger partial charge < -0.3 is 5.32 Å². The molecule has 0 aliphatic heterocycles. The van der Waals surface area contributed by atoms with Crippen LogP contribution in [-0.4, -0.2) is 12.1 Å². The maximum atomic E-state index is 3.91. The molecule has 1 aromatic rings. The molecule has 0 bridgehead atoms. The molecule has 0 heterocycles. The Labute approximate surface area is 99.6 Å². The smallest absolute Gasteiger partial charge is 0.0164 e. The van der Waals surface area contributed by atoms with Gasteiger partial charge in [0.2, 0.25) is 0 Å². The molecule has 0 amide bonds. The van der Waals surface area contributed by atoms with E-state index in [-0.39, 0.29) is 5.54 Å². The molecule has 0 aromatic heterocycles. The summed E-state index contributed by atoms with van der Waals surface area (Å²) in [7, 11) is 0. The highest BCUT2D eigenvalue weighted by Crippen LogP contribution is 2.13. The lowest BCUT2D eigenvalue weighted by atomic mass is 9.95. The number of hydrogen-bond donors (Lipinski definition) is 1. The molecule has 0 saturated heterocycles. The molecular formula is C15H23N. The van der Waals surface area contributed by atoms with Gasteiger partial charge in [0, 0.05) is 12.1 Å². The monoisotopic (exact) mass is 217 g/mol. The van der Waals surface area contributed by atoms with Crippen molar-refractivity contribution in [2.45, 2.75) is 39.2 Å². The van der Waals surface area contributed by atoms with Gasteiger partial charge in [-0.25, -0.2) is 0 Å². The summed E-state index contributed by atoms with van der Waals surface area (Å²) in [6, 6.07) is 10.6. The molecule has 1 N–H and O–H groups in total. The summed E-state index contributed by atoms with van der Waals surface area (Å²) in [5.41, 5.74) is 2.77. The zero-order chi connectivity index (χ0) is 12.0. The van der Waals surface area contributed by atoms with Crippen LogP contribution in [0, 0.1) is 0 Å². The molecule has 1 heteroatoms. The van der Waals surface area contributed by atoms with E-state index in [0.29, 0.717) is 0 Å². The summed E-state index contributed by atoms with van der Waals surface area (Å²) >= 11 is 0. The van der Waals surface area contributed by atoms with Gasteiger partial charge in [-0.15, -0.1) is 0 Å². The van der Waals surface area contributed by atoms with Crippen LogP contribution in [0.4, 0.5) is 0 Å². The van der Waals surface area contributed by atoms with Crippen LogP contribution in [0.15, 0.2) is 42.5 Å². The van der Waals surface area contributed by atoms with Crippen molar-refractivity contribution < 1.29 is 0 Å². The van der Waals surface area contributed by atoms with Gasteiger partial charge in [0.1, 0.15) is 0 Å². The van der Waals surface area contributed by atoms with Crippen LogP contribution in [0.5, 0.6) is 0 Å². The van der Waals surface area contributed by atoms with E-state index in [1.165, 1.54) is 11.1 Å². The molecule has 0 aliphatic rings. The molecule has 0 unspecified atom stereocenters. The summed E-state index contributed by atoms with van der Waals surface area (Å²) in [5, 5.41) is 3.53. The molecule has 0 aliphatic carbocycles. The van der Waals surface area contributed by atoms with Gasteiger partial charge in [0.25, 0.3) is 0 Å². The quantitative estimate of drug-likeness (QED) is 0.718. The minimum atomic E-state index is 0.175. The second kappa shape index (κ2) is 5.86. The first kappa shape index (κ1) is 13.0. The van der Waals surface area contributed by atoms with E-state index >= 15 is 0 Å². The van der Waals surface area contributed by atoms with Crippen LogP contribution in [0.25, 0.3) is 0 Å². The lowest BCUT2D eigenvalue weighted by molar-refractivity contribution is 0.376. The van der Waals surface area contributed by atoms with Gasteiger partial charge in [0.05, 0.1) is 0 Å². The van der Waals surface area contributed by atoms with E-state index in [1.54, 1.807) is 0 Å². The van der Waals surface area contributed by atoms with E-state index in [9.17, 15) is 0 Å². The average molecular weight is 217 g/mol. The number of nitrogens with one attached hydrogen (secondary N) is 1. The largest absolute Gasteiger partial charge is 0.308 e. The zero-order valence-corrected chi connectivity index (χ0v) is 10.7. The van der Waals surface area contributed by atoms with Gasteiger partial charge in [0.15, 0.2) is 0 Å². The van der Waals surface area contributed by atoms with Crippen LogP contribution in [0.2, 0.25) is 0 Å². The van der Waals surface area contributed by atoms with Crippen molar-refractivity contribution in [1.29, 1.82) is 0 Å². The molecule has 0 saturated carbocycles. The minimum Gasteiger partial charge on any atom is -0.308 e. The Morgan fingerprint density at radius 2 is 1.88 bits per heavy atom. The number of hydrogen-bond acceptors (Lipinski definition) is 1. The third-order valence-electron chi connectivity index (χ3n) is 2.75. The van der Waals surface area contributed by atoms with Crippen molar-refractivity contribution in [2.75, 3.05) is 6.54 Å². The van der Waals surface area contributed by atoms with E-state index in [4.69, 9.17) is 0 Å². The lowest BCUT2D eigenvalue weighted by Crippen LogP contribution is -2.40. The van der Waals surface area contributed by atoms with E-state index < -0.39 is 0 Å². The van der Waals surface area contributed by atoms with Crippen molar-refractivity contribution in [2.24, 2.45) is 0 Å². The summed E-state index contributed by atoms with van der Waals surface area (Å²) < 4.78 is 0. The fourth-order valence-electron chi connectivity index (χ4n) is 1.58. The van der Waals surface area contributed by atoms with E-state index in [1.807, 2.05) is 0 Å². The second-order valence-electron chi connectivity index (χ2n) is 5.18. The molecule has 0 radical (unpaired) electrons. The number of benzene rings is 1. The molecule has 0 atom stereocenters. The summed E-state index contributed by atoms with van der Waals surface area (Å²) in [6.45, 7) is 11.4. The van der Waals surface area contributed by atoms with Gasteiger partial charge in [-0.3, -0.25) is 0 Å². The SMILES string of the molecule is C=C(C)CNC(C)(C)CCc1ccccc1. The second-order valence-corrected chi connectivity index (χ2v) is 5.18. The van der Waals surface area contributed by atoms with Crippen LogP contribution in [0.3, 0.4) is 0 Å². The van der Waals surface area contributed by atoms with E-state index in [2.05, 4.69) is 63.0 Å². The molecule has 0 spiro atoms. The Balaban J connectivity index is 2.38. The summed E-state index contributed by atoms with van der Waals surface area (Å²) in [4.78, 5) is 0. The predicted molar refractivity (Wildman–Crippen MR) is 71.7 cm³/mol. The van der Waals surface area contributed by atoms with Crippen molar-refractivity contribution >= 4 is 0 Å². The highest BCUT2D eigenvalue weighted by Gasteiger charge is 2.16. The van der Waals surface area contributed by atoms with Gasteiger partial charge in [-0.2, -0.15) is 0 Å². The summed E-state index contributed by atoms with van der Waals surface area (Å²) in [5.74, 6) is 0. The Bertz CT molecular complexity index is 325. The Morgan fingerprint density at radius 1 is 1.25 bits per heavy atom. The first-order valence-corrected chi connectivity index (χ1v) is 5.93. The molecule has 88 valence electrons. The van der Waals surface area contributed by atoms with Crippen LogP contribution in [0.1, 0.15) is 32.8 Å². The molecule has 16 heavy (non-hydrogen) atoms. The average Bonchev–Trinajstić information content (AvgIpc) is 2.26. The van der Waals surface area contributed by atoms with Crippen molar-refractivity contribution in [1.82, 2.24) is 5.32 Å². The Kier molecular flexibility index (Phi) is 4.75. The van der Waals surface area contributed by atoms with Crippen LogP contribution >= 0.6 is 0 Å². The van der Waals surface area contributed by atoms with Crippen molar-refractivity contribution in [3.8, 4) is 0 Å². The van der Waals surface area contributed by atoms with Crippen LogP contribution < -0.4 is 5.32 Å². The highest BCUT2D eigenvalue weighted by atomic mass is 14.9. The molecular weight excluding hydrogens is 194 g/mol. The normalized spacial score (nSPS) is 11.4. The first-order chi connectivity index (χ1) is 7.49. The lowest BCUT2D eigenvalue weighted by Gasteiger charge is -2.26. The first-order valence-electron chi connectivity index (χ1n) is 5.93.